The molecular formula is C18H24F3N3O3. The lowest BCUT2D eigenvalue weighted by atomic mass is 9.91. The quantitative estimate of drug-likeness (QED) is 0.784. The summed E-state index contributed by atoms with van der Waals surface area (Å²) in [5, 5.41) is 2.24. The van der Waals surface area contributed by atoms with Crippen molar-refractivity contribution in [2.24, 2.45) is 11.7 Å². The Hall–Kier alpha value is -2.13. The molecule has 2 amide bonds. The van der Waals surface area contributed by atoms with E-state index in [-0.39, 0.29) is 30.6 Å². The van der Waals surface area contributed by atoms with E-state index in [4.69, 9.17) is 10.5 Å². The molecule has 1 aromatic rings. The largest absolute Gasteiger partial charge is 0.418 e. The molecule has 1 aromatic carbocycles. The van der Waals surface area contributed by atoms with Crippen molar-refractivity contribution >= 4 is 17.5 Å². The maximum Gasteiger partial charge on any atom is 0.418 e. The summed E-state index contributed by atoms with van der Waals surface area (Å²) in [6, 6.07) is 3.94. The van der Waals surface area contributed by atoms with Crippen LogP contribution in [-0.4, -0.2) is 49.1 Å². The molecule has 0 radical (unpaired) electrons. The molecule has 3 N–H and O–H groups in total. The predicted molar refractivity (Wildman–Crippen MR) is 93.8 cm³/mol. The summed E-state index contributed by atoms with van der Waals surface area (Å²) in [7, 11) is 0. The molecule has 9 heteroatoms. The van der Waals surface area contributed by atoms with Crippen molar-refractivity contribution in [3.05, 3.63) is 29.8 Å². The smallest absolute Gasteiger partial charge is 0.381 e. The first-order valence-electron chi connectivity index (χ1n) is 8.82. The van der Waals surface area contributed by atoms with E-state index >= 15 is 0 Å². The monoisotopic (exact) mass is 387 g/mol. The summed E-state index contributed by atoms with van der Waals surface area (Å²) in [4.78, 5) is 26.1. The number of hydrogen-bond acceptors (Lipinski definition) is 4. The summed E-state index contributed by atoms with van der Waals surface area (Å²) < 4.78 is 44.3. The summed E-state index contributed by atoms with van der Waals surface area (Å²) in [6.45, 7) is 2.62. The third-order valence-electron chi connectivity index (χ3n) is 4.59. The maximum atomic E-state index is 13.0. The van der Waals surface area contributed by atoms with Crippen molar-refractivity contribution in [3.8, 4) is 0 Å². The number of likely N-dealkylation sites (N-methyl/N-ethyl adjacent to an activating group) is 1. The van der Waals surface area contributed by atoms with Crippen LogP contribution >= 0.6 is 0 Å². The minimum absolute atomic E-state index is 0.0330. The fraction of sp³-hybridized carbons (Fsp3) is 0.556. The minimum Gasteiger partial charge on any atom is -0.381 e. The van der Waals surface area contributed by atoms with E-state index in [0.29, 0.717) is 26.1 Å². The van der Waals surface area contributed by atoms with Crippen LogP contribution in [-0.2, 0) is 20.5 Å². The third kappa shape index (κ3) is 5.67. The molecule has 1 heterocycles. The minimum atomic E-state index is -4.59. The highest BCUT2D eigenvalue weighted by molar-refractivity contribution is 5.96. The first-order chi connectivity index (χ1) is 12.7. The van der Waals surface area contributed by atoms with Gasteiger partial charge in [0.2, 0.25) is 11.8 Å². The summed E-state index contributed by atoms with van der Waals surface area (Å²) in [6.07, 6.45) is -3.26. The number of carbonyl (C=O) groups excluding carboxylic acids is 2. The number of nitrogens with two attached hydrogens (primary N) is 1. The van der Waals surface area contributed by atoms with Crippen LogP contribution in [0.25, 0.3) is 0 Å². The van der Waals surface area contributed by atoms with Gasteiger partial charge in [-0.2, -0.15) is 13.2 Å². The van der Waals surface area contributed by atoms with Gasteiger partial charge in [-0.15, -0.1) is 0 Å². The lowest BCUT2D eigenvalue weighted by Crippen LogP contribution is -2.50. The fourth-order valence-corrected chi connectivity index (χ4v) is 3.04. The number of anilines is 1. The van der Waals surface area contributed by atoms with Gasteiger partial charge in [0.1, 0.15) is 0 Å². The Kier molecular flexibility index (Phi) is 7.20. The van der Waals surface area contributed by atoms with Crippen LogP contribution in [0.5, 0.6) is 0 Å². The molecule has 0 saturated carbocycles. The lowest BCUT2D eigenvalue weighted by molar-refractivity contribution is -0.138. The maximum absolute atomic E-state index is 13.0. The topological polar surface area (TPSA) is 84.7 Å². The van der Waals surface area contributed by atoms with Gasteiger partial charge in [0.05, 0.1) is 23.8 Å². The number of amides is 2. The van der Waals surface area contributed by atoms with Crippen LogP contribution in [0.3, 0.4) is 0 Å². The van der Waals surface area contributed by atoms with Crippen LogP contribution in [0.2, 0.25) is 0 Å². The van der Waals surface area contributed by atoms with Crippen molar-refractivity contribution in [2.45, 2.75) is 32.0 Å². The Labute approximate surface area is 155 Å². The number of alkyl halides is 3. The molecule has 1 fully saturated rings. The number of halogens is 3. The van der Waals surface area contributed by atoms with Gasteiger partial charge in [0.15, 0.2) is 0 Å². The van der Waals surface area contributed by atoms with Gasteiger partial charge in [0, 0.05) is 19.8 Å². The van der Waals surface area contributed by atoms with Gasteiger partial charge < -0.3 is 20.7 Å². The van der Waals surface area contributed by atoms with Gasteiger partial charge in [-0.25, -0.2) is 0 Å². The standard InChI is InChI=1S/C18H24F3N3O3/c1-2-24(17(26)16(22)12-7-9-27-10-8-12)11-15(25)23-14-6-4-3-5-13(14)18(19,20)21/h3-6,12,16H,2,7-11,22H2,1H3,(H,23,25). The van der Waals surface area contributed by atoms with Crippen molar-refractivity contribution in [1.29, 1.82) is 0 Å². The fourth-order valence-electron chi connectivity index (χ4n) is 3.04. The van der Waals surface area contributed by atoms with Gasteiger partial charge in [0.25, 0.3) is 0 Å². The molecular weight excluding hydrogens is 363 g/mol. The van der Waals surface area contributed by atoms with E-state index in [1.807, 2.05) is 0 Å². The highest BCUT2D eigenvalue weighted by Crippen LogP contribution is 2.34. The van der Waals surface area contributed by atoms with E-state index in [9.17, 15) is 22.8 Å². The molecule has 1 aliphatic rings. The van der Waals surface area contributed by atoms with Gasteiger partial charge in [-0.05, 0) is 37.8 Å². The molecule has 150 valence electrons. The summed E-state index contributed by atoms with van der Waals surface area (Å²) >= 11 is 0. The Morgan fingerprint density at radius 3 is 2.52 bits per heavy atom. The number of carbonyl (C=O) groups is 2. The van der Waals surface area contributed by atoms with E-state index in [1.54, 1.807) is 6.92 Å². The molecule has 0 aliphatic carbocycles. The van der Waals surface area contributed by atoms with E-state index in [0.717, 1.165) is 6.07 Å². The van der Waals surface area contributed by atoms with Crippen LogP contribution in [0.4, 0.5) is 18.9 Å². The van der Waals surface area contributed by atoms with Crippen molar-refractivity contribution in [3.63, 3.8) is 0 Å². The second-order valence-corrected chi connectivity index (χ2v) is 6.42. The normalized spacial score (nSPS) is 16.6. The lowest BCUT2D eigenvalue weighted by Gasteiger charge is -2.30. The molecule has 0 bridgehead atoms. The zero-order chi connectivity index (χ0) is 20.0. The highest BCUT2D eigenvalue weighted by Gasteiger charge is 2.34. The zero-order valence-electron chi connectivity index (χ0n) is 15.1. The molecule has 2 rings (SSSR count). The van der Waals surface area contributed by atoms with Crippen LogP contribution in [0.15, 0.2) is 24.3 Å². The van der Waals surface area contributed by atoms with Crippen LogP contribution in [0, 0.1) is 5.92 Å². The van der Waals surface area contributed by atoms with Gasteiger partial charge >= 0.3 is 6.18 Å². The number of para-hydroxylation sites is 1. The summed E-state index contributed by atoms with van der Waals surface area (Å²) in [5.41, 5.74) is 4.77. The van der Waals surface area contributed by atoms with Crippen molar-refractivity contribution in [1.82, 2.24) is 4.90 Å². The molecule has 1 unspecified atom stereocenters. The second kappa shape index (κ2) is 9.18. The van der Waals surface area contributed by atoms with Gasteiger partial charge in [-0.3, -0.25) is 9.59 Å². The number of benzene rings is 1. The number of ether oxygens (including phenoxy) is 1. The first-order valence-corrected chi connectivity index (χ1v) is 8.82. The molecule has 1 aliphatic heterocycles. The molecule has 1 saturated heterocycles. The van der Waals surface area contributed by atoms with Crippen LogP contribution in [0.1, 0.15) is 25.3 Å². The number of rotatable bonds is 6. The molecule has 1 atom stereocenters. The summed E-state index contributed by atoms with van der Waals surface area (Å²) in [5.74, 6) is -1.13. The third-order valence-corrected chi connectivity index (χ3v) is 4.59. The average molecular weight is 387 g/mol. The van der Waals surface area contributed by atoms with E-state index < -0.39 is 23.7 Å². The van der Waals surface area contributed by atoms with E-state index in [2.05, 4.69) is 5.32 Å². The van der Waals surface area contributed by atoms with Crippen molar-refractivity contribution in [2.75, 3.05) is 31.6 Å². The second-order valence-electron chi connectivity index (χ2n) is 6.42. The molecule has 0 spiro atoms. The first kappa shape index (κ1) is 21.2. The van der Waals surface area contributed by atoms with Crippen LogP contribution < -0.4 is 11.1 Å². The Morgan fingerprint density at radius 1 is 1.30 bits per heavy atom. The molecule has 6 nitrogen and oxygen atoms in total. The Morgan fingerprint density at radius 2 is 1.93 bits per heavy atom. The SMILES string of the molecule is CCN(CC(=O)Nc1ccccc1C(F)(F)F)C(=O)C(N)C1CCOCC1. The predicted octanol–water partition coefficient (Wildman–Crippen LogP) is 2.25. The zero-order valence-corrected chi connectivity index (χ0v) is 15.1. The number of hydrogen-bond donors (Lipinski definition) is 2. The van der Waals surface area contributed by atoms with E-state index in [1.165, 1.54) is 23.1 Å². The van der Waals surface area contributed by atoms with Crippen molar-refractivity contribution < 1.29 is 27.5 Å². The molecule has 27 heavy (non-hydrogen) atoms. The Balaban J connectivity index is 2.02. The van der Waals surface area contributed by atoms with Gasteiger partial charge in [-0.1, -0.05) is 12.1 Å². The molecule has 0 aromatic heterocycles. The highest BCUT2D eigenvalue weighted by atomic mass is 19.4. The number of nitrogens with one attached hydrogen (secondary N) is 1. The number of nitrogens with zero attached hydrogens (tertiary/aromatic N) is 1. The average Bonchev–Trinajstić information content (AvgIpc) is 2.65. The Bertz CT molecular complexity index is 661.